The summed E-state index contributed by atoms with van der Waals surface area (Å²) in [5, 5.41) is 12.6. The van der Waals surface area contributed by atoms with Gasteiger partial charge in [-0.2, -0.15) is 0 Å². The van der Waals surface area contributed by atoms with Crippen molar-refractivity contribution in [2.45, 2.75) is 26.7 Å². The number of aromatic nitrogens is 2. The molecule has 0 radical (unpaired) electrons. The topological polar surface area (TPSA) is 96.1 Å². The van der Waals surface area contributed by atoms with E-state index in [0.29, 0.717) is 5.82 Å². The van der Waals surface area contributed by atoms with E-state index in [1.54, 1.807) is 12.1 Å². The van der Waals surface area contributed by atoms with Crippen LogP contribution >= 0.6 is 0 Å². The maximum absolute atomic E-state index is 9.26. The van der Waals surface area contributed by atoms with Crippen LogP contribution in [0.25, 0.3) is 0 Å². The summed E-state index contributed by atoms with van der Waals surface area (Å²) in [4.78, 5) is 8.82. The zero-order valence-corrected chi connectivity index (χ0v) is 12.3. The lowest BCUT2D eigenvalue weighted by Crippen LogP contribution is -2.15. The fourth-order valence-electron chi connectivity index (χ4n) is 2.02. The molecular formula is C15H21N5O. The number of phenolic OH excluding ortho intramolecular Hbond substituents is 1. The number of hydrogen-bond acceptors (Lipinski definition) is 6. The van der Waals surface area contributed by atoms with Crippen LogP contribution in [-0.2, 0) is 12.8 Å². The van der Waals surface area contributed by atoms with Crippen LogP contribution in [0.3, 0.4) is 0 Å². The number of nitrogens with zero attached hydrogens (tertiary/aromatic N) is 2. The first-order chi connectivity index (χ1) is 10.1. The minimum absolute atomic E-state index is 0.282. The molecule has 0 saturated carbocycles. The normalized spacial score (nSPS) is 10.4. The molecule has 0 aliphatic rings. The standard InChI is InChI=1S/C15H21N5O/c1-3-13-18-14(10(2)15(19-13)20-16)17-9-8-11-4-6-12(21)7-5-11/h4-7,21H,3,8-9,16H2,1-2H3,(H2,17,18,19,20). The lowest BCUT2D eigenvalue weighted by molar-refractivity contribution is 0.475. The molecule has 112 valence electrons. The van der Waals surface area contributed by atoms with E-state index < -0.39 is 0 Å². The van der Waals surface area contributed by atoms with E-state index in [4.69, 9.17) is 5.84 Å². The summed E-state index contributed by atoms with van der Waals surface area (Å²) in [7, 11) is 0. The van der Waals surface area contributed by atoms with Crippen molar-refractivity contribution in [1.82, 2.24) is 9.97 Å². The molecule has 6 heteroatoms. The second kappa shape index (κ2) is 6.90. The number of rotatable bonds is 6. The van der Waals surface area contributed by atoms with Gasteiger partial charge in [-0.25, -0.2) is 15.8 Å². The Labute approximate surface area is 124 Å². The minimum Gasteiger partial charge on any atom is -0.508 e. The summed E-state index contributed by atoms with van der Waals surface area (Å²) in [5.41, 5.74) is 4.66. The van der Waals surface area contributed by atoms with Crippen LogP contribution in [0.5, 0.6) is 5.75 Å². The first-order valence-electron chi connectivity index (χ1n) is 7.00. The molecule has 0 bridgehead atoms. The molecule has 0 spiro atoms. The van der Waals surface area contributed by atoms with Crippen LogP contribution in [0.15, 0.2) is 24.3 Å². The number of aryl methyl sites for hydroxylation is 1. The van der Waals surface area contributed by atoms with Gasteiger partial charge in [0.15, 0.2) is 0 Å². The molecule has 0 unspecified atom stereocenters. The molecule has 21 heavy (non-hydrogen) atoms. The van der Waals surface area contributed by atoms with Crippen molar-refractivity contribution in [1.29, 1.82) is 0 Å². The van der Waals surface area contributed by atoms with E-state index in [2.05, 4.69) is 20.7 Å². The lowest BCUT2D eigenvalue weighted by atomic mass is 10.1. The first kappa shape index (κ1) is 15.1. The first-order valence-corrected chi connectivity index (χ1v) is 7.00. The van der Waals surface area contributed by atoms with Gasteiger partial charge in [-0.05, 0) is 31.0 Å². The number of nitrogens with two attached hydrogens (primary N) is 1. The van der Waals surface area contributed by atoms with Crippen LogP contribution in [0.4, 0.5) is 11.6 Å². The van der Waals surface area contributed by atoms with Crippen molar-refractivity contribution < 1.29 is 5.11 Å². The fourth-order valence-corrected chi connectivity index (χ4v) is 2.02. The second-order valence-electron chi connectivity index (χ2n) is 4.80. The number of hydrazine groups is 1. The molecular weight excluding hydrogens is 266 g/mol. The Kier molecular flexibility index (Phi) is 4.94. The van der Waals surface area contributed by atoms with Gasteiger partial charge in [0.05, 0.1) is 0 Å². The fraction of sp³-hybridized carbons (Fsp3) is 0.333. The molecule has 0 amide bonds. The maximum atomic E-state index is 9.26. The highest BCUT2D eigenvalue weighted by Gasteiger charge is 2.08. The van der Waals surface area contributed by atoms with Crippen molar-refractivity contribution in [2.24, 2.45) is 5.84 Å². The maximum Gasteiger partial charge on any atom is 0.148 e. The van der Waals surface area contributed by atoms with Crippen molar-refractivity contribution in [2.75, 3.05) is 17.3 Å². The summed E-state index contributed by atoms with van der Waals surface area (Å²) < 4.78 is 0. The summed E-state index contributed by atoms with van der Waals surface area (Å²) in [5.74, 6) is 7.96. The van der Waals surface area contributed by atoms with Gasteiger partial charge in [0.2, 0.25) is 0 Å². The quantitative estimate of drug-likeness (QED) is 0.479. The van der Waals surface area contributed by atoms with Gasteiger partial charge in [-0.15, -0.1) is 0 Å². The highest BCUT2D eigenvalue weighted by molar-refractivity contribution is 5.56. The van der Waals surface area contributed by atoms with Crippen LogP contribution in [0.2, 0.25) is 0 Å². The van der Waals surface area contributed by atoms with Crippen LogP contribution in [0.1, 0.15) is 23.9 Å². The summed E-state index contributed by atoms with van der Waals surface area (Å²) >= 11 is 0. The van der Waals surface area contributed by atoms with Crippen molar-refractivity contribution in [3.05, 3.63) is 41.2 Å². The molecule has 0 saturated heterocycles. The van der Waals surface area contributed by atoms with Crippen molar-refractivity contribution >= 4 is 11.6 Å². The van der Waals surface area contributed by atoms with Gasteiger partial charge < -0.3 is 15.8 Å². The van der Waals surface area contributed by atoms with E-state index in [1.807, 2.05) is 26.0 Å². The Balaban J connectivity index is 2.03. The summed E-state index contributed by atoms with van der Waals surface area (Å²) in [6.45, 7) is 4.68. The molecule has 2 aromatic rings. The Morgan fingerprint density at radius 1 is 1.14 bits per heavy atom. The Bertz CT molecular complexity index is 598. The molecule has 0 aliphatic heterocycles. The number of phenols is 1. The average Bonchev–Trinajstić information content (AvgIpc) is 2.51. The van der Waals surface area contributed by atoms with E-state index >= 15 is 0 Å². The number of hydrogen-bond donors (Lipinski definition) is 4. The lowest BCUT2D eigenvalue weighted by Gasteiger charge is -2.13. The Morgan fingerprint density at radius 2 is 1.81 bits per heavy atom. The van der Waals surface area contributed by atoms with Crippen LogP contribution in [-0.4, -0.2) is 21.6 Å². The number of nitrogens with one attached hydrogen (secondary N) is 2. The van der Waals surface area contributed by atoms with Gasteiger partial charge in [0, 0.05) is 18.5 Å². The number of anilines is 2. The van der Waals surface area contributed by atoms with E-state index in [0.717, 1.165) is 42.2 Å². The Hall–Kier alpha value is -2.34. The van der Waals surface area contributed by atoms with E-state index in [-0.39, 0.29) is 5.75 Å². The largest absolute Gasteiger partial charge is 0.508 e. The van der Waals surface area contributed by atoms with Crippen LogP contribution < -0.4 is 16.6 Å². The van der Waals surface area contributed by atoms with Crippen molar-refractivity contribution in [3.63, 3.8) is 0 Å². The average molecular weight is 287 g/mol. The molecule has 1 aromatic heterocycles. The van der Waals surface area contributed by atoms with Gasteiger partial charge in [-0.1, -0.05) is 19.1 Å². The van der Waals surface area contributed by atoms with Gasteiger partial charge >= 0.3 is 0 Å². The highest BCUT2D eigenvalue weighted by atomic mass is 16.3. The predicted molar refractivity (Wildman–Crippen MR) is 84.3 cm³/mol. The molecule has 0 aliphatic carbocycles. The third-order valence-corrected chi connectivity index (χ3v) is 3.29. The monoisotopic (exact) mass is 287 g/mol. The van der Waals surface area contributed by atoms with Crippen molar-refractivity contribution in [3.8, 4) is 5.75 Å². The summed E-state index contributed by atoms with van der Waals surface area (Å²) in [6.07, 6.45) is 1.60. The van der Waals surface area contributed by atoms with Gasteiger partial charge in [0.1, 0.15) is 23.2 Å². The predicted octanol–water partition coefficient (Wildman–Crippen LogP) is 1.99. The third-order valence-electron chi connectivity index (χ3n) is 3.29. The smallest absolute Gasteiger partial charge is 0.148 e. The highest BCUT2D eigenvalue weighted by Crippen LogP contribution is 2.19. The molecule has 6 nitrogen and oxygen atoms in total. The number of aromatic hydroxyl groups is 1. The van der Waals surface area contributed by atoms with E-state index in [1.165, 1.54) is 0 Å². The van der Waals surface area contributed by atoms with E-state index in [9.17, 15) is 5.11 Å². The molecule has 1 aromatic carbocycles. The number of benzene rings is 1. The zero-order chi connectivity index (χ0) is 15.2. The molecule has 0 fully saturated rings. The summed E-state index contributed by atoms with van der Waals surface area (Å²) in [6, 6.07) is 7.20. The second-order valence-corrected chi connectivity index (χ2v) is 4.80. The van der Waals surface area contributed by atoms with Gasteiger partial charge in [0.25, 0.3) is 0 Å². The molecule has 2 rings (SSSR count). The Morgan fingerprint density at radius 3 is 2.43 bits per heavy atom. The molecule has 0 atom stereocenters. The zero-order valence-electron chi connectivity index (χ0n) is 12.3. The molecule has 1 heterocycles. The van der Waals surface area contributed by atoms with Crippen LogP contribution in [0, 0.1) is 6.92 Å². The number of nitrogen functional groups attached to an aromatic ring is 1. The van der Waals surface area contributed by atoms with Gasteiger partial charge in [-0.3, -0.25) is 0 Å². The minimum atomic E-state index is 0.282. The third kappa shape index (κ3) is 3.82. The SMILES string of the molecule is CCc1nc(NN)c(C)c(NCCc2ccc(O)cc2)n1. The molecule has 5 N–H and O–H groups in total.